The van der Waals surface area contributed by atoms with Crippen LogP contribution in [-0.4, -0.2) is 0 Å². The van der Waals surface area contributed by atoms with Crippen molar-refractivity contribution in [1.82, 2.24) is 0 Å². The lowest BCUT2D eigenvalue weighted by atomic mass is 10.0. The van der Waals surface area contributed by atoms with Gasteiger partial charge in [-0.05, 0) is 49.1 Å². The third-order valence-corrected chi connectivity index (χ3v) is 3.29. The van der Waals surface area contributed by atoms with Crippen LogP contribution in [0.25, 0.3) is 0 Å². The van der Waals surface area contributed by atoms with Gasteiger partial charge in [0.05, 0.1) is 5.56 Å². The number of allylic oxidation sites excluding steroid dienone is 1. The fraction of sp³-hybridized carbons (Fsp3) is 0.158. The molecular weight excluding hydrogens is 323 g/mol. The summed E-state index contributed by atoms with van der Waals surface area (Å²) < 4.78 is 67.0. The highest BCUT2D eigenvalue weighted by Crippen LogP contribution is 2.17. The van der Waals surface area contributed by atoms with Gasteiger partial charge in [-0.15, -0.1) is 6.58 Å². The van der Waals surface area contributed by atoms with E-state index in [1.54, 1.807) is 6.08 Å². The molecule has 0 heterocycles. The highest BCUT2D eigenvalue weighted by molar-refractivity contribution is 5.45. The van der Waals surface area contributed by atoms with Crippen molar-refractivity contribution in [1.29, 1.82) is 0 Å². The fourth-order valence-corrected chi connectivity index (χ4v) is 2.10. The summed E-state index contributed by atoms with van der Waals surface area (Å²) >= 11 is 0. The van der Waals surface area contributed by atoms with Crippen LogP contribution < -0.4 is 0 Å². The van der Waals surface area contributed by atoms with Gasteiger partial charge in [-0.3, -0.25) is 0 Å². The van der Waals surface area contributed by atoms with Crippen LogP contribution in [0.1, 0.15) is 29.5 Å². The molecule has 0 unspecified atom stereocenters. The van der Waals surface area contributed by atoms with Gasteiger partial charge in [0.15, 0.2) is 17.5 Å². The molecule has 0 aliphatic carbocycles. The van der Waals surface area contributed by atoms with Gasteiger partial charge < -0.3 is 0 Å². The van der Waals surface area contributed by atoms with Crippen LogP contribution in [0.2, 0.25) is 0 Å². The Hall–Kier alpha value is -2.61. The molecule has 0 fully saturated rings. The Bertz CT molecular complexity index is 781. The predicted molar refractivity (Wildman–Crippen MR) is 81.8 cm³/mol. The van der Waals surface area contributed by atoms with Crippen LogP contribution in [0.15, 0.2) is 36.9 Å². The molecule has 2 aromatic carbocycles. The molecule has 0 amide bonds. The summed E-state index contributed by atoms with van der Waals surface area (Å²) in [6.07, 6.45) is 3.64. The highest BCUT2D eigenvalue weighted by atomic mass is 19.2. The van der Waals surface area contributed by atoms with Crippen LogP contribution in [0.5, 0.6) is 0 Å². The Kier molecular flexibility index (Phi) is 5.75. The molecule has 0 saturated heterocycles. The van der Waals surface area contributed by atoms with E-state index in [2.05, 4.69) is 18.4 Å². The molecule has 124 valence electrons. The van der Waals surface area contributed by atoms with E-state index in [4.69, 9.17) is 0 Å². The van der Waals surface area contributed by atoms with Crippen molar-refractivity contribution < 1.29 is 22.0 Å². The standard InChI is InChI=1S/C19H13F5/c1-2-3-4-5-12-8-15(20)14(16(21)9-12)7-6-13-10-17(22)19(24)18(23)11-13/h2,8-11H,1,3-5H2. The lowest BCUT2D eigenvalue weighted by Crippen LogP contribution is -1.96. The summed E-state index contributed by atoms with van der Waals surface area (Å²) in [6.45, 7) is 3.57. The van der Waals surface area contributed by atoms with Crippen LogP contribution in [0.4, 0.5) is 22.0 Å². The third kappa shape index (κ3) is 4.23. The Morgan fingerprint density at radius 2 is 1.42 bits per heavy atom. The number of halogens is 5. The van der Waals surface area contributed by atoms with Crippen LogP contribution in [0.3, 0.4) is 0 Å². The number of hydrogen-bond acceptors (Lipinski definition) is 0. The van der Waals surface area contributed by atoms with Gasteiger partial charge in [-0.25, -0.2) is 22.0 Å². The van der Waals surface area contributed by atoms with E-state index in [9.17, 15) is 22.0 Å². The normalized spacial score (nSPS) is 10.2. The largest absolute Gasteiger partial charge is 0.206 e. The second-order valence-corrected chi connectivity index (χ2v) is 5.12. The Morgan fingerprint density at radius 3 is 1.96 bits per heavy atom. The lowest BCUT2D eigenvalue weighted by molar-refractivity contribution is 0.446. The van der Waals surface area contributed by atoms with Crippen molar-refractivity contribution in [3.63, 3.8) is 0 Å². The van der Waals surface area contributed by atoms with Gasteiger partial charge >= 0.3 is 0 Å². The van der Waals surface area contributed by atoms with Gasteiger partial charge in [0, 0.05) is 5.56 Å². The maximum Gasteiger partial charge on any atom is 0.194 e. The smallest absolute Gasteiger partial charge is 0.194 e. The molecule has 0 aliphatic heterocycles. The first-order chi connectivity index (χ1) is 11.4. The average Bonchev–Trinajstić information content (AvgIpc) is 2.52. The zero-order valence-corrected chi connectivity index (χ0v) is 12.6. The number of unbranched alkanes of at least 4 members (excludes halogenated alkanes) is 1. The SMILES string of the molecule is C=CCCCc1cc(F)c(C#Cc2cc(F)c(F)c(F)c2)c(F)c1. The Morgan fingerprint density at radius 1 is 0.833 bits per heavy atom. The van der Waals surface area contributed by atoms with Gasteiger partial charge in [-0.2, -0.15) is 0 Å². The fourth-order valence-electron chi connectivity index (χ4n) is 2.10. The summed E-state index contributed by atoms with van der Waals surface area (Å²) in [5.41, 5.74) is -0.246. The maximum absolute atomic E-state index is 14.0. The van der Waals surface area contributed by atoms with E-state index in [0.717, 1.165) is 6.42 Å². The minimum Gasteiger partial charge on any atom is -0.206 e. The number of hydrogen-bond donors (Lipinski definition) is 0. The van der Waals surface area contributed by atoms with Crippen molar-refractivity contribution >= 4 is 0 Å². The molecule has 0 N–H and O–H groups in total. The van der Waals surface area contributed by atoms with Gasteiger partial charge in [0.2, 0.25) is 0 Å². The predicted octanol–water partition coefficient (Wildman–Crippen LogP) is 5.29. The van der Waals surface area contributed by atoms with Crippen molar-refractivity contribution in [2.45, 2.75) is 19.3 Å². The molecule has 5 heteroatoms. The molecule has 0 nitrogen and oxygen atoms in total. The molecule has 2 aromatic rings. The summed E-state index contributed by atoms with van der Waals surface area (Å²) in [5.74, 6) is -1.76. The summed E-state index contributed by atoms with van der Waals surface area (Å²) in [4.78, 5) is 0. The monoisotopic (exact) mass is 336 g/mol. The minimum atomic E-state index is -1.62. The van der Waals surface area contributed by atoms with Crippen LogP contribution in [0, 0.1) is 40.9 Å². The van der Waals surface area contributed by atoms with E-state index in [0.29, 0.717) is 30.5 Å². The highest BCUT2D eigenvalue weighted by Gasteiger charge is 2.11. The first-order valence-corrected chi connectivity index (χ1v) is 7.17. The lowest BCUT2D eigenvalue weighted by Gasteiger charge is -2.03. The molecule has 2 rings (SSSR count). The molecule has 0 radical (unpaired) electrons. The zero-order chi connectivity index (χ0) is 17.7. The third-order valence-electron chi connectivity index (χ3n) is 3.29. The Balaban J connectivity index is 2.29. The molecule has 0 aliphatic rings. The second-order valence-electron chi connectivity index (χ2n) is 5.12. The van der Waals surface area contributed by atoms with E-state index in [-0.39, 0.29) is 5.56 Å². The minimum absolute atomic E-state index is 0.222. The van der Waals surface area contributed by atoms with Gasteiger partial charge in [0.1, 0.15) is 11.6 Å². The summed E-state index contributed by atoms with van der Waals surface area (Å²) in [7, 11) is 0. The van der Waals surface area contributed by atoms with E-state index in [1.807, 2.05) is 0 Å². The second kappa shape index (κ2) is 7.78. The number of aryl methyl sites for hydroxylation is 1. The molecule has 0 saturated carbocycles. The molecule has 0 spiro atoms. The molecule has 24 heavy (non-hydrogen) atoms. The average molecular weight is 336 g/mol. The van der Waals surface area contributed by atoms with E-state index in [1.165, 1.54) is 12.1 Å². The molecule has 0 bridgehead atoms. The Labute approximate surface area is 136 Å². The molecular formula is C19H13F5. The quantitative estimate of drug-likeness (QED) is 0.234. The van der Waals surface area contributed by atoms with E-state index < -0.39 is 34.6 Å². The van der Waals surface area contributed by atoms with Crippen molar-refractivity contribution in [2.75, 3.05) is 0 Å². The van der Waals surface area contributed by atoms with Crippen molar-refractivity contribution in [3.05, 3.63) is 82.7 Å². The summed E-state index contributed by atoms with van der Waals surface area (Å²) in [5, 5.41) is 0. The number of benzene rings is 2. The number of rotatable bonds is 4. The summed E-state index contributed by atoms with van der Waals surface area (Å²) in [6, 6.07) is 3.65. The molecule has 0 aromatic heterocycles. The van der Waals surface area contributed by atoms with Crippen molar-refractivity contribution in [2.24, 2.45) is 0 Å². The van der Waals surface area contributed by atoms with Crippen LogP contribution >= 0.6 is 0 Å². The van der Waals surface area contributed by atoms with Crippen LogP contribution in [-0.2, 0) is 6.42 Å². The first kappa shape index (κ1) is 17.7. The topological polar surface area (TPSA) is 0 Å². The van der Waals surface area contributed by atoms with Gasteiger partial charge in [0.25, 0.3) is 0 Å². The van der Waals surface area contributed by atoms with E-state index >= 15 is 0 Å². The molecule has 0 atom stereocenters. The van der Waals surface area contributed by atoms with Crippen molar-refractivity contribution in [3.8, 4) is 11.8 Å². The van der Waals surface area contributed by atoms with Gasteiger partial charge in [-0.1, -0.05) is 17.9 Å². The first-order valence-electron chi connectivity index (χ1n) is 7.17. The zero-order valence-electron chi connectivity index (χ0n) is 12.6. The maximum atomic E-state index is 14.0.